The molecule has 1 aliphatic carbocycles. The Hall–Kier alpha value is -0.570. The van der Waals surface area contributed by atoms with Crippen LogP contribution >= 0.6 is 0 Å². The van der Waals surface area contributed by atoms with Crippen molar-refractivity contribution in [3.05, 3.63) is 0 Å². The van der Waals surface area contributed by atoms with Crippen LogP contribution in [0.3, 0.4) is 0 Å². The van der Waals surface area contributed by atoms with Gasteiger partial charge in [0.15, 0.2) is 0 Å². The fraction of sp³-hybridized carbons (Fsp3) is 0.900. The third-order valence-corrected chi connectivity index (χ3v) is 3.21. The predicted molar refractivity (Wildman–Crippen MR) is 51.1 cm³/mol. The molecule has 3 nitrogen and oxygen atoms in total. The lowest BCUT2D eigenvalue weighted by atomic mass is 9.91. The van der Waals surface area contributed by atoms with E-state index < -0.39 is 0 Å². The highest BCUT2D eigenvalue weighted by Crippen LogP contribution is 2.27. The van der Waals surface area contributed by atoms with E-state index in [-0.39, 0.29) is 6.04 Å². The molecule has 1 N–H and O–H groups in total. The SMILES string of the molecule is CC(C)C1NCN(C2CCC2)C1=O. The molecule has 3 heteroatoms. The highest BCUT2D eigenvalue weighted by atomic mass is 16.2. The van der Waals surface area contributed by atoms with E-state index in [1.54, 1.807) is 0 Å². The van der Waals surface area contributed by atoms with Crippen LogP contribution in [0.15, 0.2) is 0 Å². The first-order chi connectivity index (χ1) is 6.20. The molecule has 0 spiro atoms. The van der Waals surface area contributed by atoms with Gasteiger partial charge in [0.05, 0.1) is 12.7 Å². The van der Waals surface area contributed by atoms with Gasteiger partial charge in [-0.2, -0.15) is 0 Å². The summed E-state index contributed by atoms with van der Waals surface area (Å²) in [7, 11) is 0. The van der Waals surface area contributed by atoms with Gasteiger partial charge in [-0.1, -0.05) is 13.8 Å². The predicted octanol–water partition coefficient (Wildman–Crippen LogP) is 0.953. The minimum absolute atomic E-state index is 0.0700. The summed E-state index contributed by atoms with van der Waals surface area (Å²) in [5.74, 6) is 0.734. The molecule has 1 saturated heterocycles. The number of nitrogens with one attached hydrogen (secondary N) is 1. The molecule has 0 aromatic carbocycles. The van der Waals surface area contributed by atoms with Crippen LogP contribution in [0.25, 0.3) is 0 Å². The minimum atomic E-state index is 0.0700. The smallest absolute Gasteiger partial charge is 0.241 e. The lowest BCUT2D eigenvalue weighted by Gasteiger charge is -2.34. The average molecular weight is 182 g/mol. The van der Waals surface area contributed by atoms with Crippen LogP contribution in [0.2, 0.25) is 0 Å². The van der Waals surface area contributed by atoms with Gasteiger partial charge in [0.25, 0.3) is 0 Å². The van der Waals surface area contributed by atoms with E-state index in [0.717, 1.165) is 6.67 Å². The molecule has 2 rings (SSSR count). The summed E-state index contributed by atoms with van der Waals surface area (Å²) in [6, 6.07) is 0.615. The zero-order valence-electron chi connectivity index (χ0n) is 8.42. The van der Waals surface area contributed by atoms with Crippen molar-refractivity contribution < 1.29 is 4.79 Å². The van der Waals surface area contributed by atoms with Crippen molar-refractivity contribution in [1.82, 2.24) is 10.2 Å². The van der Waals surface area contributed by atoms with Gasteiger partial charge in [0.2, 0.25) is 5.91 Å². The largest absolute Gasteiger partial charge is 0.326 e. The number of amides is 1. The summed E-state index contributed by atoms with van der Waals surface area (Å²) in [4.78, 5) is 13.9. The Balaban J connectivity index is 1.97. The first-order valence-electron chi connectivity index (χ1n) is 5.24. The molecule has 2 fully saturated rings. The van der Waals surface area contributed by atoms with E-state index in [2.05, 4.69) is 19.2 Å². The molecule has 0 radical (unpaired) electrons. The summed E-state index contributed by atoms with van der Waals surface area (Å²) < 4.78 is 0. The van der Waals surface area contributed by atoms with Crippen molar-refractivity contribution in [3.63, 3.8) is 0 Å². The van der Waals surface area contributed by atoms with Crippen molar-refractivity contribution in [2.45, 2.75) is 45.2 Å². The van der Waals surface area contributed by atoms with Gasteiger partial charge in [0, 0.05) is 6.04 Å². The molecule has 0 bridgehead atoms. The Morgan fingerprint density at radius 3 is 2.54 bits per heavy atom. The molecule has 74 valence electrons. The Kier molecular flexibility index (Phi) is 2.28. The van der Waals surface area contributed by atoms with E-state index in [9.17, 15) is 4.79 Å². The van der Waals surface area contributed by atoms with Gasteiger partial charge in [-0.3, -0.25) is 10.1 Å². The molecule has 1 saturated carbocycles. The number of hydrogen-bond donors (Lipinski definition) is 1. The topological polar surface area (TPSA) is 32.3 Å². The highest BCUT2D eigenvalue weighted by Gasteiger charge is 2.38. The van der Waals surface area contributed by atoms with E-state index in [1.165, 1.54) is 19.3 Å². The molecule has 0 aromatic heterocycles. The molecule has 1 atom stereocenters. The average Bonchev–Trinajstić information content (AvgIpc) is 2.29. The maximum atomic E-state index is 11.8. The molecule has 1 amide bonds. The van der Waals surface area contributed by atoms with Crippen LogP contribution < -0.4 is 5.32 Å². The lowest BCUT2D eigenvalue weighted by molar-refractivity contribution is -0.133. The van der Waals surface area contributed by atoms with E-state index in [0.29, 0.717) is 17.9 Å². The van der Waals surface area contributed by atoms with Crippen LogP contribution in [-0.2, 0) is 4.79 Å². The van der Waals surface area contributed by atoms with Crippen molar-refractivity contribution in [1.29, 1.82) is 0 Å². The fourth-order valence-electron chi connectivity index (χ4n) is 2.07. The van der Waals surface area contributed by atoms with Crippen LogP contribution in [-0.4, -0.2) is 29.6 Å². The first kappa shape index (κ1) is 9.00. The monoisotopic (exact) mass is 182 g/mol. The molecule has 0 aromatic rings. The zero-order chi connectivity index (χ0) is 9.42. The Morgan fingerprint density at radius 2 is 2.15 bits per heavy atom. The van der Waals surface area contributed by atoms with Crippen molar-refractivity contribution >= 4 is 5.91 Å². The van der Waals surface area contributed by atoms with Gasteiger partial charge in [0.1, 0.15) is 0 Å². The number of carbonyl (C=O) groups is 1. The second-order valence-electron chi connectivity index (χ2n) is 4.48. The van der Waals surface area contributed by atoms with Crippen molar-refractivity contribution in [2.75, 3.05) is 6.67 Å². The molecular formula is C10H18N2O. The minimum Gasteiger partial charge on any atom is -0.326 e. The zero-order valence-corrected chi connectivity index (χ0v) is 8.42. The molecule has 1 aliphatic heterocycles. The summed E-state index contributed by atoms with van der Waals surface area (Å²) in [5, 5.41) is 3.28. The number of nitrogens with zero attached hydrogens (tertiary/aromatic N) is 1. The quantitative estimate of drug-likeness (QED) is 0.689. The van der Waals surface area contributed by atoms with Crippen LogP contribution in [0.1, 0.15) is 33.1 Å². The van der Waals surface area contributed by atoms with E-state index >= 15 is 0 Å². The van der Waals surface area contributed by atoms with Gasteiger partial charge in [-0.25, -0.2) is 0 Å². The van der Waals surface area contributed by atoms with E-state index in [1.807, 2.05) is 4.90 Å². The first-order valence-corrected chi connectivity index (χ1v) is 5.24. The molecule has 1 unspecified atom stereocenters. The number of carbonyl (C=O) groups excluding carboxylic acids is 1. The van der Waals surface area contributed by atoms with E-state index in [4.69, 9.17) is 0 Å². The Labute approximate surface area is 79.5 Å². The second-order valence-corrected chi connectivity index (χ2v) is 4.48. The fourth-order valence-corrected chi connectivity index (χ4v) is 2.07. The third kappa shape index (κ3) is 1.46. The molecule has 1 heterocycles. The van der Waals surface area contributed by atoms with Gasteiger partial charge >= 0.3 is 0 Å². The Bertz CT molecular complexity index is 211. The number of hydrogen-bond acceptors (Lipinski definition) is 2. The van der Waals surface area contributed by atoms with Crippen molar-refractivity contribution in [3.8, 4) is 0 Å². The molecular weight excluding hydrogens is 164 g/mol. The highest BCUT2D eigenvalue weighted by molar-refractivity contribution is 5.84. The van der Waals surface area contributed by atoms with Crippen LogP contribution in [0.4, 0.5) is 0 Å². The van der Waals surface area contributed by atoms with Gasteiger partial charge < -0.3 is 4.90 Å². The Morgan fingerprint density at radius 1 is 1.46 bits per heavy atom. The van der Waals surface area contributed by atoms with Gasteiger partial charge in [-0.05, 0) is 25.2 Å². The summed E-state index contributed by atoms with van der Waals surface area (Å²) in [6.45, 7) is 4.96. The van der Waals surface area contributed by atoms with Crippen LogP contribution in [0.5, 0.6) is 0 Å². The van der Waals surface area contributed by atoms with Gasteiger partial charge in [-0.15, -0.1) is 0 Å². The van der Waals surface area contributed by atoms with Crippen molar-refractivity contribution in [2.24, 2.45) is 5.92 Å². The number of rotatable bonds is 2. The summed E-state index contributed by atoms with van der Waals surface area (Å²) >= 11 is 0. The molecule has 2 aliphatic rings. The lowest BCUT2D eigenvalue weighted by Crippen LogP contribution is -2.43. The maximum Gasteiger partial charge on any atom is 0.241 e. The normalized spacial score (nSPS) is 29.9. The maximum absolute atomic E-state index is 11.8. The standard InChI is InChI=1S/C10H18N2O/c1-7(2)9-10(13)12(6-11-9)8-4-3-5-8/h7-9,11H,3-6H2,1-2H3. The second kappa shape index (κ2) is 3.29. The molecule has 13 heavy (non-hydrogen) atoms. The van der Waals surface area contributed by atoms with Crippen LogP contribution in [0, 0.1) is 5.92 Å². The third-order valence-electron chi connectivity index (χ3n) is 3.21. The summed E-state index contributed by atoms with van der Waals surface area (Å²) in [5.41, 5.74) is 0. The summed E-state index contributed by atoms with van der Waals surface area (Å²) in [6.07, 6.45) is 3.71.